The quantitative estimate of drug-likeness (QED) is 0.669. The highest BCUT2D eigenvalue weighted by Crippen LogP contribution is 2.34. The minimum Gasteiger partial charge on any atom is -0.389 e. The van der Waals surface area contributed by atoms with Crippen molar-refractivity contribution in [2.75, 3.05) is 50.0 Å². The molecule has 2 aromatic rings. The standard InChI is InChI=1S/C17H19Cl2F3N6O2/c18-12-3-1-2-11(13(12)19)14-15(23)24-16(26-25-14)28-6-4-27(5-7-28)8-10(29)9-30-17(20,21)22/h1-3,10,29H,4-9H2,(H2,23,24,26). The van der Waals surface area contributed by atoms with Crippen LogP contribution in [0, 0.1) is 0 Å². The van der Waals surface area contributed by atoms with E-state index in [4.69, 9.17) is 28.9 Å². The Morgan fingerprint density at radius 1 is 1.17 bits per heavy atom. The van der Waals surface area contributed by atoms with E-state index in [0.29, 0.717) is 53.4 Å². The fraction of sp³-hybridized carbons (Fsp3) is 0.471. The van der Waals surface area contributed by atoms with Crippen LogP contribution in [0.1, 0.15) is 0 Å². The molecule has 2 heterocycles. The Morgan fingerprint density at radius 3 is 2.50 bits per heavy atom. The van der Waals surface area contributed by atoms with E-state index in [2.05, 4.69) is 19.9 Å². The van der Waals surface area contributed by atoms with Crippen molar-refractivity contribution in [1.29, 1.82) is 0 Å². The zero-order valence-corrected chi connectivity index (χ0v) is 17.1. The summed E-state index contributed by atoms with van der Waals surface area (Å²) in [6, 6.07) is 5.07. The lowest BCUT2D eigenvalue weighted by molar-refractivity contribution is -0.330. The molecule has 1 aromatic carbocycles. The molecule has 1 saturated heterocycles. The minimum absolute atomic E-state index is 0.0668. The Bertz CT molecular complexity index is 881. The highest BCUT2D eigenvalue weighted by molar-refractivity contribution is 6.43. The molecule has 1 aromatic heterocycles. The molecule has 0 bridgehead atoms. The number of aromatic nitrogens is 3. The molecule has 1 fully saturated rings. The maximum Gasteiger partial charge on any atom is 0.522 e. The molecule has 3 rings (SSSR count). The molecule has 1 unspecified atom stereocenters. The van der Waals surface area contributed by atoms with Gasteiger partial charge in [0.05, 0.1) is 22.8 Å². The molecule has 0 radical (unpaired) electrons. The second kappa shape index (κ2) is 9.48. The lowest BCUT2D eigenvalue weighted by Crippen LogP contribution is -2.49. The first-order valence-corrected chi connectivity index (χ1v) is 9.70. The van der Waals surface area contributed by atoms with Crippen molar-refractivity contribution in [2.24, 2.45) is 0 Å². The van der Waals surface area contributed by atoms with Gasteiger partial charge in [0.1, 0.15) is 5.69 Å². The number of aliphatic hydroxyl groups is 1. The lowest BCUT2D eigenvalue weighted by Gasteiger charge is -2.35. The van der Waals surface area contributed by atoms with E-state index in [-0.39, 0.29) is 12.4 Å². The first-order chi connectivity index (χ1) is 14.1. The molecule has 30 heavy (non-hydrogen) atoms. The van der Waals surface area contributed by atoms with E-state index in [9.17, 15) is 18.3 Å². The number of nitrogen functional groups attached to an aromatic ring is 1. The van der Waals surface area contributed by atoms with E-state index in [1.807, 2.05) is 9.80 Å². The number of anilines is 2. The second-order valence-corrected chi connectivity index (χ2v) is 7.43. The third-order valence-electron chi connectivity index (χ3n) is 4.47. The lowest BCUT2D eigenvalue weighted by atomic mass is 10.1. The number of alkyl halides is 3. The minimum atomic E-state index is -4.76. The average molecular weight is 467 g/mol. The molecule has 1 atom stereocenters. The van der Waals surface area contributed by atoms with Gasteiger partial charge in [-0.05, 0) is 6.07 Å². The normalized spacial score (nSPS) is 16.7. The molecule has 8 nitrogen and oxygen atoms in total. The summed E-state index contributed by atoms with van der Waals surface area (Å²) in [6.07, 6.45) is -6.00. The molecule has 0 spiro atoms. The number of benzene rings is 1. The van der Waals surface area contributed by atoms with Crippen molar-refractivity contribution in [3.8, 4) is 11.3 Å². The van der Waals surface area contributed by atoms with Gasteiger partial charge in [-0.25, -0.2) is 0 Å². The van der Waals surface area contributed by atoms with Crippen LogP contribution in [0.4, 0.5) is 24.9 Å². The van der Waals surface area contributed by atoms with Crippen LogP contribution in [0.2, 0.25) is 10.0 Å². The van der Waals surface area contributed by atoms with Crippen LogP contribution < -0.4 is 10.6 Å². The third-order valence-corrected chi connectivity index (χ3v) is 5.29. The van der Waals surface area contributed by atoms with Crippen LogP contribution in [-0.2, 0) is 4.74 Å². The van der Waals surface area contributed by atoms with E-state index in [0.717, 1.165) is 0 Å². The predicted molar refractivity (Wildman–Crippen MR) is 106 cm³/mol. The fourth-order valence-electron chi connectivity index (χ4n) is 3.01. The topological polar surface area (TPSA) is 101 Å². The number of halogens is 5. The van der Waals surface area contributed by atoms with Gasteiger partial charge in [-0.1, -0.05) is 35.3 Å². The van der Waals surface area contributed by atoms with Gasteiger partial charge in [0.15, 0.2) is 5.82 Å². The Balaban J connectivity index is 1.58. The third kappa shape index (κ3) is 5.82. The molecular formula is C17H19Cl2F3N6O2. The Morgan fingerprint density at radius 2 is 1.87 bits per heavy atom. The van der Waals surface area contributed by atoms with Crippen LogP contribution in [0.5, 0.6) is 0 Å². The van der Waals surface area contributed by atoms with E-state index in [1.165, 1.54) is 0 Å². The van der Waals surface area contributed by atoms with Crippen LogP contribution in [0.25, 0.3) is 11.3 Å². The van der Waals surface area contributed by atoms with Crippen molar-refractivity contribution in [3.63, 3.8) is 0 Å². The maximum absolute atomic E-state index is 12.0. The number of nitrogens with two attached hydrogens (primary N) is 1. The van der Waals surface area contributed by atoms with Crippen molar-refractivity contribution in [3.05, 3.63) is 28.2 Å². The van der Waals surface area contributed by atoms with Gasteiger partial charge >= 0.3 is 6.36 Å². The number of rotatable bonds is 6. The number of hydrogen-bond donors (Lipinski definition) is 2. The molecule has 1 aliphatic heterocycles. The SMILES string of the molecule is Nc1nc(N2CCN(CC(O)COC(F)(F)F)CC2)nnc1-c1cccc(Cl)c1Cl. The largest absolute Gasteiger partial charge is 0.522 e. The highest BCUT2D eigenvalue weighted by atomic mass is 35.5. The number of nitrogens with zero attached hydrogens (tertiary/aromatic N) is 5. The van der Waals surface area contributed by atoms with Gasteiger partial charge in [0.25, 0.3) is 0 Å². The van der Waals surface area contributed by atoms with Gasteiger partial charge in [-0.3, -0.25) is 9.64 Å². The summed E-state index contributed by atoms with van der Waals surface area (Å²) >= 11 is 12.2. The monoisotopic (exact) mass is 466 g/mol. The average Bonchev–Trinajstić information content (AvgIpc) is 2.69. The van der Waals surface area contributed by atoms with Gasteiger partial charge in [-0.15, -0.1) is 23.4 Å². The molecule has 0 amide bonds. The van der Waals surface area contributed by atoms with Gasteiger partial charge in [0.2, 0.25) is 5.95 Å². The van der Waals surface area contributed by atoms with Gasteiger partial charge < -0.3 is 15.7 Å². The van der Waals surface area contributed by atoms with E-state index in [1.54, 1.807) is 18.2 Å². The number of β-amino-alcohol motifs (C(OH)–C–C–N with tert-alkyl or cyclic N) is 1. The molecular weight excluding hydrogens is 448 g/mol. The molecule has 13 heteroatoms. The Hall–Kier alpha value is -1.92. The van der Waals surface area contributed by atoms with Crippen molar-refractivity contribution in [1.82, 2.24) is 20.1 Å². The van der Waals surface area contributed by atoms with Crippen molar-refractivity contribution >= 4 is 35.0 Å². The predicted octanol–water partition coefficient (Wildman–Crippen LogP) is 2.45. The second-order valence-electron chi connectivity index (χ2n) is 6.65. The summed E-state index contributed by atoms with van der Waals surface area (Å²) in [5, 5.41) is 18.6. The molecule has 0 aliphatic carbocycles. The number of aliphatic hydroxyl groups excluding tert-OH is 1. The number of hydrogen-bond acceptors (Lipinski definition) is 8. The molecule has 0 saturated carbocycles. The zero-order valence-electron chi connectivity index (χ0n) is 15.6. The van der Waals surface area contributed by atoms with Gasteiger partial charge in [-0.2, -0.15) is 4.98 Å². The molecule has 1 aliphatic rings. The first kappa shape index (κ1) is 22.8. The van der Waals surface area contributed by atoms with Crippen molar-refractivity contribution < 1.29 is 23.0 Å². The number of piperazine rings is 1. The molecule has 3 N–H and O–H groups in total. The van der Waals surface area contributed by atoms with E-state index < -0.39 is 19.1 Å². The first-order valence-electron chi connectivity index (χ1n) is 8.94. The zero-order chi connectivity index (χ0) is 21.9. The van der Waals surface area contributed by atoms with Crippen LogP contribution in [0.3, 0.4) is 0 Å². The summed E-state index contributed by atoms with van der Waals surface area (Å²) in [7, 11) is 0. The summed E-state index contributed by atoms with van der Waals surface area (Å²) in [5.41, 5.74) is 6.89. The summed E-state index contributed by atoms with van der Waals surface area (Å²) in [5.74, 6) is 0.473. The Labute approximate surface area is 180 Å². The number of ether oxygens (including phenoxy) is 1. The Kier molecular flexibility index (Phi) is 7.19. The maximum atomic E-state index is 12.0. The fourth-order valence-corrected chi connectivity index (χ4v) is 3.40. The van der Waals surface area contributed by atoms with Crippen molar-refractivity contribution in [2.45, 2.75) is 12.5 Å². The van der Waals surface area contributed by atoms with Crippen LogP contribution in [0.15, 0.2) is 18.2 Å². The van der Waals surface area contributed by atoms with Gasteiger partial charge in [0, 0.05) is 38.3 Å². The van der Waals surface area contributed by atoms with Crippen LogP contribution in [-0.4, -0.2) is 77.0 Å². The van der Waals surface area contributed by atoms with Crippen LogP contribution >= 0.6 is 23.2 Å². The summed E-state index contributed by atoms with van der Waals surface area (Å²) < 4.78 is 39.8. The smallest absolute Gasteiger partial charge is 0.389 e. The summed E-state index contributed by atoms with van der Waals surface area (Å²) in [4.78, 5) is 7.98. The van der Waals surface area contributed by atoms with E-state index >= 15 is 0 Å². The highest BCUT2D eigenvalue weighted by Gasteiger charge is 2.31. The summed E-state index contributed by atoms with van der Waals surface area (Å²) in [6.45, 7) is 1.23. The molecule has 164 valence electrons.